The zero-order valence-electron chi connectivity index (χ0n) is 14.6. The first kappa shape index (κ1) is 18.3. The Kier molecular flexibility index (Phi) is 6.06. The van der Waals surface area contributed by atoms with Crippen LogP contribution < -0.4 is 0 Å². The number of rotatable bonds is 3. The van der Waals surface area contributed by atoms with E-state index in [4.69, 9.17) is 0 Å². The summed E-state index contributed by atoms with van der Waals surface area (Å²) in [6.07, 6.45) is 9.99. The van der Waals surface area contributed by atoms with E-state index in [9.17, 15) is 13.2 Å². The van der Waals surface area contributed by atoms with Gasteiger partial charge in [0, 0.05) is 44.5 Å². The SMILES string of the molecule is O=C(C1CCN(S(=O)(=O)c2cccnc2)CC1)N1CCCCCCC1. The third kappa shape index (κ3) is 4.39. The molecule has 0 saturated carbocycles. The number of pyridine rings is 1. The maximum atomic E-state index is 12.8. The fraction of sp³-hybridized carbons (Fsp3) is 0.667. The molecule has 1 aromatic rings. The molecule has 2 aliphatic rings. The predicted octanol–water partition coefficient (Wildman–Crippen LogP) is 2.28. The molecule has 1 aromatic heterocycles. The monoisotopic (exact) mass is 365 g/mol. The smallest absolute Gasteiger partial charge is 0.244 e. The molecule has 25 heavy (non-hydrogen) atoms. The van der Waals surface area contributed by atoms with Crippen molar-refractivity contribution in [2.45, 2.75) is 49.8 Å². The van der Waals surface area contributed by atoms with Crippen molar-refractivity contribution in [3.8, 4) is 0 Å². The van der Waals surface area contributed by atoms with Gasteiger partial charge in [-0.15, -0.1) is 0 Å². The van der Waals surface area contributed by atoms with Crippen molar-refractivity contribution in [1.82, 2.24) is 14.2 Å². The van der Waals surface area contributed by atoms with Crippen LogP contribution in [0.3, 0.4) is 0 Å². The van der Waals surface area contributed by atoms with Crippen LogP contribution in [-0.4, -0.2) is 54.7 Å². The van der Waals surface area contributed by atoms with Crippen molar-refractivity contribution < 1.29 is 13.2 Å². The van der Waals surface area contributed by atoms with Gasteiger partial charge in [-0.25, -0.2) is 8.42 Å². The van der Waals surface area contributed by atoms with E-state index < -0.39 is 10.0 Å². The lowest BCUT2D eigenvalue weighted by molar-refractivity contribution is -0.137. The van der Waals surface area contributed by atoms with Gasteiger partial charge >= 0.3 is 0 Å². The first-order valence-corrected chi connectivity index (χ1v) is 10.7. The molecule has 0 radical (unpaired) electrons. The quantitative estimate of drug-likeness (QED) is 0.824. The van der Waals surface area contributed by atoms with Gasteiger partial charge in [0.15, 0.2) is 0 Å². The molecule has 3 heterocycles. The second-order valence-electron chi connectivity index (χ2n) is 6.96. The van der Waals surface area contributed by atoms with Crippen molar-refractivity contribution in [3.63, 3.8) is 0 Å². The molecular formula is C18H27N3O3S. The fourth-order valence-electron chi connectivity index (χ4n) is 3.72. The molecule has 0 atom stereocenters. The Morgan fingerprint density at radius 1 is 1.00 bits per heavy atom. The number of amides is 1. The Balaban J connectivity index is 1.58. The highest BCUT2D eigenvalue weighted by Gasteiger charge is 2.33. The van der Waals surface area contributed by atoms with Crippen molar-refractivity contribution in [2.75, 3.05) is 26.2 Å². The number of carbonyl (C=O) groups is 1. The summed E-state index contributed by atoms with van der Waals surface area (Å²) in [5, 5.41) is 0. The Morgan fingerprint density at radius 2 is 1.64 bits per heavy atom. The van der Waals surface area contributed by atoms with Gasteiger partial charge in [-0.3, -0.25) is 9.78 Å². The van der Waals surface area contributed by atoms with Gasteiger partial charge in [-0.2, -0.15) is 4.31 Å². The number of aromatic nitrogens is 1. The van der Waals surface area contributed by atoms with E-state index in [1.807, 2.05) is 4.90 Å². The van der Waals surface area contributed by atoms with Crippen LogP contribution in [-0.2, 0) is 14.8 Å². The Bertz CT molecular complexity index is 662. The van der Waals surface area contributed by atoms with E-state index in [0.717, 1.165) is 25.9 Å². The molecule has 6 nitrogen and oxygen atoms in total. The number of nitrogens with zero attached hydrogens (tertiary/aromatic N) is 3. The van der Waals surface area contributed by atoms with Gasteiger partial charge in [0.2, 0.25) is 15.9 Å². The molecule has 0 unspecified atom stereocenters. The van der Waals surface area contributed by atoms with Crippen molar-refractivity contribution in [2.24, 2.45) is 5.92 Å². The number of likely N-dealkylation sites (tertiary alicyclic amines) is 1. The minimum absolute atomic E-state index is 0.0419. The minimum atomic E-state index is -3.50. The molecule has 0 spiro atoms. The highest BCUT2D eigenvalue weighted by molar-refractivity contribution is 7.89. The maximum Gasteiger partial charge on any atom is 0.244 e. The average Bonchev–Trinajstić information content (AvgIpc) is 2.62. The molecule has 3 rings (SSSR count). The summed E-state index contributed by atoms with van der Waals surface area (Å²) in [7, 11) is -3.50. The highest BCUT2D eigenvalue weighted by Crippen LogP contribution is 2.25. The standard InChI is InChI=1S/C18H27N3O3S/c22-18(20-11-4-2-1-3-5-12-20)16-8-13-21(14-9-16)25(23,24)17-7-6-10-19-15-17/h6-7,10,15-16H,1-5,8-9,11-14H2. The van der Waals surface area contributed by atoms with Crippen molar-refractivity contribution >= 4 is 15.9 Å². The lowest BCUT2D eigenvalue weighted by Crippen LogP contribution is -2.45. The number of hydrogen-bond acceptors (Lipinski definition) is 4. The Hall–Kier alpha value is -1.47. The maximum absolute atomic E-state index is 12.8. The van der Waals surface area contributed by atoms with Crippen molar-refractivity contribution in [3.05, 3.63) is 24.5 Å². The van der Waals surface area contributed by atoms with Crippen LogP contribution in [0.1, 0.15) is 44.9 Å². The topological polar surface area (TPSA) is 70.6 Å². The molecular weight excluding hydrogens is 338 g/mol. The lowest BCUT2D eigenvalue weighted by atomic mass is 9.95. The predicted molar refractivity (Wildman–Crippen MR) is 95.4 cm³/mol. The summed E-state index contributed by atoms with van der Waals surface area (Å²) < 4.78 is 26.8. The van der Waals surface area contributed by atoms with E-state index >= 15 is 0 Å². The van der Waals surface area contributed by atoms with Crippen LogP contribution in [0.15, 0.2) is 29.4 Å². The van der Waals surface area contributed by atoms with Gasteiger partial charge in [-0.05, 0) is 37.8 Å². The van der Waals surface area contributed by atoms with Gasteiger partial charge in [0.05, 0.1) is 0 Å². The average molecular weight is 365 g/mol. The Labute approximate surface area is 150 Å². The molecule has 0 bridgehead atoms. The number of sulfonamides is 1. The lowest BCUT2D eigenvalue weighted by Gasteiger charge is -2.34. The molecule has 0 aromatic carbocycles. The van der Waals surface area contributed by atoms with Crippen LogP contribution in [0.25, 0.3) is 0 Å². The van der Waals surface area contributed by atoms with Crippen molar-refractivity contribution in [1.29, 1.82) is 0 Å². The molecule has 1 amide bonds. The second kappa shape index (κ2) is 8.27. The third-order valence-corrected chi connectivity index (χ3v) is 7.13. The Morgan fingerprint density at radius 3 is 2.24 bits per heavy atom. The van der Waals surface area contributed by atoms with Crippen LogP contribution in [0.2, 0.25) is 0 Å². The van der Waals surface area contributed by atoms with Crippen LogP contribution >= 0.6 is 0 Å². The zero-order chi connectivity index (χ0) is 17.7. The molecule has 138 valence electrons. The molecule has 2 aliphatic heterocycles. The highest BCUT2D eigenvalue weighted by atomic mass is 32.2. The largest absolute Gasteiger partial charge is 0.342 e. The van der Waals surface area contributed by atoms with E-state index in [1.165, 1.54) is 29.8 Å². The van der Waals surface area contributed by atoms with Gasteiger partial charge in [0.25, 0.3) is 0 Å². The number of carbonyl (C=O) groups excluding carboxylic acids is 1. The van der Waals surface area contributed by atoms with E-state index in [1.54, 1.807) is 18.3 Å². The first-order chi connectivity index (χ1) is 12.1. The summed E-state index contributed by atoms with van der Waals surface area (Å²) in [5.41, 5.74) is 0. The second-order valence-corrected chi connectivity index (χ2v) is 8.90. The fourth-order valence-corrected chi connectivity index (χ4v) is 5.15. The van der Waals surface area contributed by atoms with E-state index in [0.29, 0.717) is 25.9 Å². The summed E-state index contributed by atoms with van der Waals surface area (Å²) in [6.45, 7) is 2.52. The number of piperidine rings is 1. The van der Waals surface area contributed by atoms with Gasteiger partial charge in [0.1, 0.15) is 4.90 Å². The van der Waals surface area contributed by atoms with Crippen LogP contribution in [0.5, 0.6) is 0 Å². The molecule has 2 saturated heterocycles. The zero-order valence-corrected chi connectivity index (χ0v) is 15.5. The van der Waals surface area contributed by atoms with Gasteiger partial charge in [-0.1, -0.05) is 19.3 Å². The molecule has 0 N–H and O–H groups in total. The van der Waals surface area contributed by atoms with E-state index in [2.05, 4.69) is 4.98 Å². The minimum Gasteiger partial charge on any atom is -0.342 e. The summed E-state index contributed by atoms with van der Waals surface area (Å²) in [5.74, 6) is 0.181. The molecule has 0 aliphatic carbocycles. The molecule has 7 heteroatoms. The normalized spacial score (nSPS) is 21.5. The first-order valence-electron chi connectivity index (χ1n) is 9.28. The summed E-state index contributed by atoms with van der Waals surface area (Å²) in [6, 6.07) is 3.20. The summed E-state index contributed by atoms with van der Waals surface area (Å²) >= 11 is 0. The summed E-state index contributed by atoms with van der Waals surface area (Å²) in [4.78, 5) is 18.9. The van der Waals surface area contributed by atoms with Crippen LogP contribution in [0.4, 0.5) is 0 Å². The van der Waals surface area contributed by atoms with Gasteiger partial charge < -0.3 is 4.90 Å². The van der Waals surface area contributed by atoms with Crippen LogP contribution in [0, 0.1) is 5.92 Å². The third-order valence-electron chi connectivity index (χ3n) is 5.24. The van der Waals surface area contributed by atoms with E-state index in [-0.39, 0.29) is 16.7 Å². The number of hydrogen-bond donors (Lipinski definition) is 0. The molecule has 2 fully saturated rings.